The average molecular weight is 581 g/mol. The predicted octanol–water partition coefficient (Wildman–Crippen LogP) is 7.14. The molecule has 3 heterocycles. The summed E-state index contributed by atoms with van der Waals surface area (Å²) in [6, 6.07) is 10.2. The van der Waals surface area contributed by atoms with Crippen molar-refractivity contribution in [2.75, 3.05) is 7.11 Å². The zero-order valence-electron chi connectivity index (χ0n) is 23.8. The molecule has 4 aromatic rings. The van der Waals surface area contributed by atoms with Gasteiger partial charge in [-0.25, -0.2) is 4.98 Å². The van der Waals surface area contributed by atoms with Gasteiger partial charge in [-0.2, -0.15) is 0 Å². The molecule has 7 nitrogen and oxygen atoms in total. The number of esters is 1. The number of halogens is 1. The van der Waals surface area contributed by atoms with Gasteiger partial charge in [0, 0.05) is 21.4 Å². The Balaban J connectivity index is 1.96. The Morgan fingerprint density at radius 2 is 1.70 bits per heavy atom. The highest BCUT2D eigenvalue weighted by atomic mass is 35.5. The number of hydrogen-bond donors (Lipinski definition) is 0. The summed E-state index contributed by atoms with van der Waals surface area (Å²) in [5.41, 5.74) is 1.17. The molecule has 0 N–H and O–H groups in total. The lowest BCUT2D eigenvalue weighted by atomic mass is 9.80. The number of methoxy groups -OCH3 is 1. The van der Waals surface area contributed by atoms with E-state index in [9.17, 15) is 14.4 Å². The summed E-state index contributed by atoms with van der Waals surface area (Å²) in [5.74, 6) is -0.366. The van der Waals surface area contributed by atoms with Crippen LogP contribution < -0.4 is 4.74 Å². The van der Waals surface area contributed by atoms with Gasteiger partial charge >= 0.3 is 5.97 Å². The Morgan fingerprint density at radius 1 is 1.02 bits per heavy atom. The Morgan fingerprint density at radius 3 is 2.27 bits per heavy atom. The van der Waals surface area contributed by atoms with Crippen molar-refractivity contribution in [2.24, 2.45) is 10.8 Å². The molecule has 0 fully saturated rings. The van der Waals surface area contributed by atoms with Gasteiger partial charge in [0.25, 0.3) is 0 Å². The highest BCUT2D eigenvalue weighted by molar-refractivity contribution is 7.09. The van der Waals surface area contributed by atoms with Crippen LogP contribution in [0, 0.1) is 17.8 Å². The standard InChI is InChI=1S/C31H33ClN2O5S/c1-18-33-21(17-40-18)16-39-22-12-13-24-25(27(35)19-8-10-20(32)11-9-19)23(14-31(5,6)29(37)38-7)26(34(24)15-22)28(36)30(2,3)4/h8-13,15,17H,14,16H2,1-7H3. The van der Waals surface area contributed by atoms with Crippen molar-refractivity contribution in [1.29, 1.82) is 0 Å². The van der Waals surface area contributed by atoms with E-state index in [0.29, 0.717) is 38.7 Å². The molecule has 0 spiro atoms. The Hall–Kier alpha value is -3.49. The van der Waals surface area contributed by atoms with Crippen molar-refractivity contribution in [2.45, 2.75) is 54.6 Å². The molecule has 0 saturated carbocycles. The normalized spacial score (nSPS) is 12.0. The molecule has 0 amide bonds. The fraction of sp³-hybridized carbons (Fsp3) is 0.355. The molecular weight excluding hydrogens is 548 g/mol. The SMILES string of the molecule is COC(=O)C(C)(C)Cc1c(C(=O)c2ccc(Cl)cc2)c2ccc(OCc3csc(C)n3)cn2c1C(=O)C(C)(C)C. The van der Waals surface area contributed by atoms with E-state index in [-0.39, 0.29) is 24.6 Å². The van der Waals surface area contributed by atoms with Crippen LogP contribution in [0.25, 0.3) is 5.52 Å². The third kappa shape index (κ3) is 5.98. The third-order valence-electron chi connectivity index (χ3n) is 6.65. The molecule has 0 aliphatic heterocycles. The van der Waals surface area contributed by atoms with Gasteiger partial charge in [-0.15, -0.1) is 11.3 Å². The number of aryl methyl sites for hydroxylation is 1. The number of pyridine rings is 1. The fourth-order valence-electron chi connectivity index (χ4n) is 4.57. The molecule has 0 aliphatic carbocycles. The van der Waals surface area contributed by atoms with Crippen LogP contribution >= 0.6 is 22.9 Å². The molecule has 3 aromatic heterocycles. The van der Waals surface area contributed by atoms with Gasteiger partial charge in [0.05, 0.1) is 46.2 Å². The molecule has 40 heavy (non-hydrogen) atoms. The number of thiazole rings is 1. The van der Waals surface area contributed by atoms with E-state index in [1.165, 1.54) is 7.11 Å². The third-order valence-corrected chi connectivity index (χ3v) is 7.72. The first-order valence-corrected chi connectivity index (χ1v) is 14.1. The smallest absolute Gasteiger partial charge is 0.311 e. The molecule has 210 valence electrons. The quantitative estimate of drug-likeness (QED) is 0.154. The Kier molecular flexibility index (Phi) is 8.24. The van der Waals surface area contributed by atoms with Crippen LogP contribution in [0.2, 0.25) is 5.02 Å². The minimum atomic E-state index is -1.01. The van der Waals surface area contributed by atoms with Crippen LogP contribution in [-0.2, 0) is 22.6 Å². The highest BCUT2D eigenvalue weighted by Crippen LogP contribution is 2.37. The van der Waals surface area contributed by atoms with Crippen LogP contribution in [0.5, 0.6) is 5.75 Å². The van der Waals surface area contributed by atoms with E-state index in [1.54, 1.807) is 72.2 Å². The van der Waals surface area contributed by atoms with E-state index in [2.05, 4.69) is 4.98 Å². The number of ether oxygens (including phenoxy) is 2. The van der Waals surface area contributed by atoms with Gasteiger partial charge in [0.2, 0.25) is 0 Å². The average Bonchev–Trinajstić information content (AvgIpc) is 3.45. The molecule has 9 heteroatoms. The van der Waals surface area contributed by atoms with Crippen molar-refractivity contribution < 1.29 is 23.9 Å². The van der Waals surface area contributed by atoms with Gasteiger partial charge in [0.15, 0.2) is 11.6 Å². The van der Waals surface area contributed by atoms with E-state index < -0.39 is 16.8 Å². The maximum atomic E-state index is 14.1. The molecule has 0 atom stereocenters. The molecule has 0 bridgehead atoms. The zero-order chi connectivity index (χ0) is 29.4. The van der Waals surface area contributed by atoms with Gasteiger partial charge in [-0.1, -0.05) is 32.4 Å². The monoisotopic (exact) mass is 580 g/mol. The van der Waals surface area contributed by atoms with E-state index in [0.717, 1.165) is 10.7 Å². The van der Waals surface area contributed by atoms with E-state index >= 15 is 0 Å². The second kappa shape index (κ2) is 11.2. The number of aromatic nitrogens is 2. The summed E-state index contributed by atoms with van der Waals surface area (Å²) in [6.45, 7) is 11.2. The first-order valence-electron chi connectivity index (χ1n) is 12.9. The second-order valence-electron chi connectivity index (χ2n) is 11.4. The number of Topliss-reactive ketones (excluding diaryl/α,β-unsaturated/α-hetero) is 1. The Labute approximate surface area is 243 Å². The number of rotatable bonds is 9. The van der Waals surface area contributed by atoms with Crippen LogP contribution in [0.15, 0.2) is 48.0 Å². The minimum absolute atomic E-state index is 0.113. The number of carbonyl (C=O) groups excluding carboxylic acids is 3. The number of nitrogens with zero attached hydrogens (tertiary/aromatic N) is 2. The van der Waals surface area contributed by atoms with Crippen LogP contribution in [0.3, 0.4) is 0 Å². The molecule has 0 unspecified atom stereocenters. The van der Waals surface area contributed by atoms with Crippen molar-refractivity contribution in [3.05, 3.63) is 86.1 Å². The van der Waals surface area contributed by atoms with E-state index in [4.69, 9.17) is 21.1 Å². The van der Waals surface area contributed by atoms with Crippen LogP contribution in [-0.4, -0.2) is 34.0 Å². The topological polar surface area (TPSA) is 87.0 Å². The molecular formula is C31H33ClN2O5S. The molecule has 1 aromatic carbocycles. The zero-order valence-corrected chi connectivity index (χ0v) is 25.3. The Bertz CT molecular complexity index is 1590. The highest BCUT2D eigenvalue weighted by Gasteiger charge is 2.38. The summed E-state index contributed by atoms with van der Waals surface area (Å²) in [5, 5.41) is 3.39. The minimum Gasteiger partial charge on any atom is -0.486 e. The first kappa shape index (κ1) is 29.5. The molecule has 0 aliphatic rings. The van der Waals surface area contributed by atoms with Gasteiger partial charge in [-0.3, -0.25) is 14.4 Å². The number of fused-ring (bicyclic) bond motifs is 1. The summed E-state index contributed by atoms with van der Waals surface area (Å²) in [7, 11) is 1.33. The first-order chi connectivity index (χ1) is 18.7. The lowest BCUT2D eigenvalue weighted by molar-refractivity contribution is -0.150. The van der Waals surface area contributed by atoms with E-state index in [1.807, 2.05) is 33.1 Å². The van der Waals surface area contributed by atoms with Crippen LogP contribution in [0.4, 0.5) is 0 Å². The number of carbonyl (C=O) groups is 3. The fourth-order valence-corrected chi connectivity index (χ4v) is 5.29. The van der Waals surface area contributed by atoms with Gasteiger partial charge in [-0.05, 0) is 69.2 Å². The lowest BCUT2D eigenvalue weighted by Gasteiger charge is -2.24. The van der Waals surface area contributed by atoms with Crippen molar-refractivity contribution in [3.63, 3.8) is 0 Å². The summed E-state index contributed by atoms with van der Waals surface area (Å²) in [4.78, 5) is 45.3. The van der Waals surface area contributed by atoms with Gasteiger partial charge in [0.1, 0.15) is 12.4 Å². The number of benzene rings is 1. The maximum absolute atomic E-state index is 14.1. The number of ketones is 2. The molecule has 0 saturated heterocycles. The van der Waals surface area contributed by atoms with Crippen LogP contribution in [0.1, 0.15) is 77.3 Å². The molecule has 4 rings (SSSR count). The lowest BCUT2D eigenvalue weighted by Crippen LogP contribution is -2.30. The molecule has 0 radical (unpaired) electrons. The summed E-state index contributed by atoms with van der Waals surface area (Å²) in [6.07, 6.45) is 1.84. The second-order valence-corrected chi connectivity index (χ2v) is 12.9. The van der Waals surface area contributed by atoms with Crippen molar-refractivity contribution in [1.82, 2.24) is 9.38 Å². The maximum Gasteiger partial charge on any atom is 0.311 e. The van der Waals surface area contributed by atoms with Crippen molar-refractivity contribution in [3.8, 4) is 5.75 Å². The van der Waals surface area contributed by atoms with Crippen molar-refractivity contribution >= 4 is 46.0 Å². The summed E-state index contributed by atoms with van der Waals surface area (Å²) < 4.78 is 12.8. The largest absolute Gasteiger partial charge is 0.486 e. The predicted molar refractivity (Wildman–Crippen MR) is 157 cm³/mol. The number of hydrogen-bond acceptors (Lipinski definition) is 7. The van der Waals surface area contributed by atoms with Gasteiger partial charge < -0.3 is 13.9 Å². The summed E-state index contributed by atoms with van der Waals surface area (Å²) >= 11 is 7.63.